The predicted molar refractivity (Wildman–Crippen MR) is 62.1 cm³/mol. The Morgan fingerprint density at radius 2 is 1.07 bits per heavy atom. The molecule has 3 nitrogen and oxygen atoms in total. The number of hydrogen-bond acceptors (Lipinski definition) is 3. The quantitative estimate of drug-likeness (QED) is 0.763. The van der Waals surface area contributed by atoms with Crippen LogP contribution in [0.1, 0.15) is 76.2 Å². The summed E-state index contributed by atoms with van der Waals surface area (Å²) in [5.41, 5.74) is 3.49. The van der Waals surface area contributed by atoms with Gasteiger partial charge in [0.05, 0.1) is 11.4 Å². The van der Waals surface area contributed by atoms with Gasteiger partial charge in [0.15, 0.2) is 0 Å². The van der Waals surface area contributed by atoms with E-state index < -0.39 is 0 Å². The summed E-state index contributed by atoms with van der Waals surface area (Å²) in [6, 6.07) is 0. The monoisotopic (exact) mass is 207 g/mol. The van der Waals surface area contributed by atoms with E-state index in [1.165, 1.54) is 5.56 Å². The Hall–Kier alpha value is -0.990. The van der Waals surface area contributed by atoms with Crippen LogP contribution in [-0.2, 0) is 0 Å². The molecule has 0 aliphatic heterocycles. The number of aromatic nitrogens is 3. The maximum Gasteiger partial charge on any atom is 0.0727 e. The molecule has 0 saturated carbocycles. The summed E-state index contributed by atoms with van der Waals surface area (Å²) in [4.78, 5) is 0. The second kappa shape index (κ2) is 4.69. The second-order valence-electron chi connectivity index (χ2n) is 4.94. The maximum absolute atomic E-state index is 4.18. The largest absolute Gasteiger partial charge is 0.135 e. The fourth-order valence-electron chi connectivity index (χ4n) is 1.80. The summed E-state index contributed by atoms with van der Waals surface area (Å²) in [5, 5.41) is 12.2. The van der Waals surface area contributed by atoms with Crippen molar-refractivity contribution in [3.05, 3.63) is 17.0 Å². The lowest BCUT2D eigenvalue weighted by atomic mass is 9.90. The van der Waals surface area contributed by atoms with E-state index in [9.17, 15) is 0 Å². The summed E-state index contributed by atoms with van der Waals surface area (Å²) in [6.45, 7) is 13.0. The van der Waals surface area contributed by atoms with Gasteiger partial charge in [0.1, 0.15) is 0 Å². The molecule has 1 aromatic rings. The molecule has 0 saturated heterocycles. The van der Waals surface area contributed by atoms with Crippen molar-refractivity contribution in [1.29, 1.82) is 0 Å². The van der Waals surface area contributed by atoms with Gasteiger partial charge < -0.3 is 0 Å². The molecule has 0 spiro atoms. The molecular formula is C12H21N3. The topological polar surface area (TPSA) is 38.7 Å². The van der Waals surface area contributed by atoms with Crippen LogP contribution >= 0.6 is 0 Å². The van der Waals surface area contributed by atoms with Crippen LogP contribution in [0.15, 0.2) is 0 Å². The minimum absolute atomic E-state index is 0.412. The zero-order valence-corrected chi connectivity index (χ0v) is 10.6. The lowest BCUT2D eigenvalue weighted by Gasteiger charge is -2.18. The van der Waals surface area contributed by atoms with Crippen LogP contribution in [0.4, 0.5) is 0 Å². The first-order valence-corrected chi connectivity index (χ1v) is 5.68. The third-order valence-corrected chi connectivity index (χ3v) is 2.53. The molecule has 0 radical (unpaired) electrons. The zero-order chi connectivity index (χ0) is 11.6. The molecule has 0 aliphatic rings. The molecule has 1 rings (SSSR count). The fourth-order valence-corrected chi connectivity index (χ4v) is 1.80. The van der Waals surface area contributed by atoms with Gasteiger partial charge in [0.2, 0.25) is 0 Å². The number of nitrogens with zero attached hydrogens (tertiary/aromatic N) is 3. The van der Waals surface area contributed by atoms with Gasteiger partial charge in [-0.15, -0.1) is 10.2 Å². The summed E-state index contributed by atoms with van der Waals surface area (Å²) in [5.74, 6) is 1.29. The van der Waals surface area contributed by atoms with Crippen molar-refractivity contribution in [1.82, 2.24) is 15.4 Å². The minimum atomic E-state index is 0.412. The minimum Gasteiger partial charge on any atom is -0.135 e. The van der Waals surface area contributed by atoms with Gasteiger partial charge in [-0.05, 0) is 23.0 Å². The highest BCUT2D eigenvalue weighted by Gasteiger charge is 2.19. The van der Waals surface area contributed by atoms with Gasteiger partial charge in [-0.3, -0.25) is 0 Å². The third-order valence-electron chi connectivity index (χ3n) is 2.53. The molecule has 3 heteroatoms. The van der Waals surface area contributed by atoms with Crippen LogP contribution in [0.5, 0.6) is 0 Å². The molecule has 0 aromatic carbocycles. The first kappa shape index (κ1) is 12.1. The normalized spacial score (nSPS) is 11.8. The molecule has 0 aliphatic carbocycles. The molecule has 0 atom stereocenters. The van der Waals surface area contributed by atoms with Crippen molar-refractivity contribution >= 4 is 0 Å². The van der Waals surface area contributed by atoms with E-state index in [-0.39, 0.29) is 0 Å². The van der Waals surface area contributed by atoms with Crippen LogP contribution in [-0.4, -0.2) is 15.4 Å². The number of hydrogen-bond donors (Lipinski definition) is 0. The highest BCUT2D eigenvalue weighted by molar-refractivity contribution is 5.30. The van der Waals surface area contributed by atoms with Gasteiger partial charge >= 0.3 is 0 Å². The number of rotatable bonds is 3. The van der Waals surface area contributed by atoms with Gasteiger partial charge in [0.25, 0.3) is 0 Å². The molecular weight excluding hydrogens is 186 g/mol. The maximum atomic E-state index is 4.18. The van der Waals surface area contributed by atoms with E-state index in [0.717, 1.165) is 11.4 Å². The van der Waals surface area contributed by atoms with Gasteiger partial charge in [-0.2, -0.15) is 0 Å². The van der Waals surface area contributed by atoms with Crippen LogP contribution in [0, 0.1) is 0 Å². The first-order chi connectivity index (χ1) is 6.95. The van der Waals surface area contributed by atoms with Crippen molar-refractivity contribution < 1.29 is 0 Å². The zero-order valence-electron chi connectivity index (χ0n) is 10.6. The molecule has 0 fully saturated rings. The standard InChI is InChI=1S/C12H21N3/c1-7(2)10-11(8(3)4)13-15-14-12(10)9(5)6/h7-9H,1-6H3. The smallest absolute Gasteiger partial charge is 0.0727 e. The average Bonchev–Trinajstić information content (AvgIpc) is 2.16. The van der Waals surface area contributed by atoms with Gasteiger partial charge in [-0.1, -0.05) is 41.5 Å². The van der Waals surface area contributed by atoms with Crippen LogP contribution < -0.4 is 0 Å². The SMILES string of the molecule is CC(C)c1nnnc(C(C)C)c1C(C)C. The molecule has 0 unspecified atom stereocenters. The Morgan fingerprint density at radius 1 is 0.667 bits per heavy atom. The Kier molecular flexibility index (Phi) is 3.77. The second-order valence-corrected chi connectivity index (χ2v) is 4.94. The Bertz CT molecular complexity index is 303. The van der Waals surface area contributed by atoms with Crippen LogP contribution in [0.25, 0.3) is 0 Å². The van der Waals surface area contributed by atoms with Crippen molar-refractivity contribution in [3.8, 4) is 0 Å². The van der Waals surface area contributed by atoms with E-state index in [0.29, 0.717) is 17.8 Å². The van der Waals surface area contributed by atoms with Crippen molar-refractivity contribution in [3.63, 3.8) is 0 Å². The molecule has 0 bridgehead atoms. The third kappa shape index (κ3) is 2.52. The summed E-state index contributed by atoms with van der Waals surface area (Å²) >= 11 is 0. The van der Waals surface area contributed by atoms with Crippen molar-refractivity contribution in [2.24, 2.45) is 0 Å². The van der Waals surface area contributed by atoms with E-state index >= 15 is 0 Å². The van der Waals surface area contributed by atoms with Crippen LogP contribution in [0.2, 0.25) is 0 Å². The average molecular weight is 207 g/mol. The Balaban J connectivity index is 3.35. The Labute approximate surface area is 92.3 Å². The fraction of sp³-hybridized carbons (Fsp3) is 0.750. The summed E-state index contributed by atoms with van der Waals surface area (Å²) in [6.07, 6.45) is 0. The highest BCUT2D eigenvalue weighted by Crippen LogP contribution is 2.29. The van der Waals surface area contributed by atoms with Crippen molar-refractivity contribution in [2.75, 3.05) is 0 Å². The molecule has 1 aromatic heterocycles. The van der Waals surface area contributed by atoms with E-state index in [2.05, 4.69) is 57.0 Å². The van der Waals surface area contributed by atoms with Crippen LogP contribution in [0.3, 0.4) is 0 Å². The lowest BCUT2D eigenvalue weighted by Crippen LogP contribution is -2.12. The van der Waals surface area contributed by atoms with E-state index in [1.54, 1.807) is 0 Å². The summed E-state index contributed by atoms with van der Waals surface area (Å²) < 4.78 is 0. The Morgan fingerprint density at radius 3 is 1.33 bits per heavy atom. The predicted octanol–water partition coefficient (Wildman–Crippen LogP) is 3.24. The molecule has 1 heterocycles. The van der Waals surface area contributed by atoms with Gasteiger partial charge in [0, 0.05) is 5.56 Å². The molecule has 0 amide bonds. The van der Waals surface area contributed by atoms with Crippen molar-refractivity contribution in [2.45, 2.75) is 59.3 Å². The molecule has 84 valence electrons. The van der Waals surface area contributed by atoms with Gasteiger partial charge in [-0.25, -0.2) is 0 Å². The van der Waals surface area contributed by atoms with E-state index in [4.69, 9.17) is 0 Å². The molecule has 0 N–H and O–H groups in total. The highest BCUT2D eigenvalue weighted by atomic mass is 15.3. The van der Waals surface area contributed by atoms with E-state index in [1.807, 2.05) is 0 Å². The first-order valence-electron chi connectivity index (χ1n) is 5.68. The summed E-state index contributed by atoms with van der Waals surface area (Å²) in [7, 11) is 0. The molecule has 15 heavy (non-hydrogen) atoms. The lowest BCUT2D eigenvalue weighted by molar-refractivity contribution is 0.641.